The summed E-state index contributed by atoms with van der Waals surface area (Å²) < 4.78 is 57.1. The third-order valence-corrected chi connectivity index (χ3v) is 12.4. The van der Waals surface area contributed by atoms with Crippen molar-refractivity contribution in [2.45, 2.75) is 49.6 Å². The van der Waals surface area contributed by atoms with Gasteiger partial charge in [-0.25, -0.2) is 26.5 Å². The number of hydrogen-bond donors (Lipinski definition) is 0. The van der Waals surface area contributed by atoms with Gasteiger partial charge in [-0.2, -0.15) is 5.26 Å². The van der Waals surface area contributed by atoms with Crippen LogP contribution in [-0.4, -0.2) is 41.9 Å². The Morgan fingerprint density at radius 1 is 0.939 bits per heavy atom. The average molecular weight is 561 g/mol. The molecule has 0 saturated heterocycles. The highest BCUT2D eigenvalue weighted by atomic mass is 32.2. The summed E-state index contributed by atoms with van der Waals surface area (Å²) in [5.41, 5.74) is 0.0968. The number of sulfone groups is 2. The molecule has 2 aliphatic heterocycles. The van der Waals surface area contributed by atoms with Crippen molar-refractivity contribution in [3.8, 4) is 6.07 Å². The molecule has 2 aliphatic rings. The molecular formula is C19H16N2O6S6. The van der Waals surface area contributed by atoms with E-state index in [2.05, 4.69) is 4.85 Å². The molecule has 8 nitrogen and oxygen atoms in total. The fourth-order valence-electron chi connectivity index (χ4n) is 2.94. The highest BCUT2D eigenvalue weighted by molar-refractivity contribution is 8.26. The van der Waals surface area contributed by atoms with Crippen LogP contribution in [0.15, 0.2) is 49.1 Å². The summed E-state index contributed by atoms with van der Waals surface area (Å²) in [6.45, 7) is 10.8. The number of thioether (sulfide) groups is 4. The van der Waals surface area contributed by atoms with Crippen LogP contribution in [-0.2, 0) is 29.2 Å². The average Bonchev–Trinajstić information content (AvgIpc) is 3.29. The van der Waals surface area contributed by atoms with Gasteiger partial charge in [0, 0.05) is 32.1 Å². The highest BCUT2D eigenvalue weighted by Gasteiger charge is 2.42. The largest absolute Gasteiger partial charge is 0.462 e. The van der Waals surface area contributed by atoms with Gasteiger partial charge < -0.3 is 4.74 Å². The molecule has 0 amide bonds. The van der Waals surface area contributed by atoms with Crippen molar-refractivity contribution >= 4 is 72.7 Å². The maximum atomic E-state index is 12.9. The molecule has 0 fully saturated rings. The molecule has 3 rings (SSSR count). The number of benzene rings is 1. The Bertz CT molecular complexity index is 1370. The quantitative estimate of drug-likeness (QED) is 0.216. The predicted octanol–water partition coefficient (Wildman–Crippen LogP) is 4.69. The monoisotopic (exact) mass is 560 g/mol. The van der Waals surface area contributed by atoms with E-state index in [0.29, 0.717) is 16.4 Å². The van der Waals surface area contributed by atoms with E-state index in [1.54, 1.807) is 19.9 Å². The van der Waals surface area contributed by atoms with Gasteiger partial charge in [0.25, 0.3) is 0 Å². The van der Waals surface area contributed by atoms with E-state index in [-0.39, 0.29) is 45.8 Å². The first-order valence-electron chi connectivity index (χ1n) is 9.16. The van der Waals surface area contributed by atoms with Crippen molar-refractivity contribution in [2.24, 2.45) is 0 Å². The van der Waals surface area contributed by atoms with E-state index in [4.69, 9.17) is 11.3 Å². The number of carbonyl (C=O) groups excluding carboxylic acids is 1. The fraction of sp³-hybridized carbons (Fsp3) is 0.316. The Balaban J connectivity index is 2.41. The normalized spacial score (nSPS) is 14.8. The molecule has 0 unspecified atom stereocenters. The molecule has 2 heterocycles. The summed E-state index contributed by atoms with van der Waals surface area (Å²) in [5.74, 6) is -0.865. The first kappa shape index (κ1) is 26.1. The number of carbonyl (C=O) groups is 1. The molecule has 0 saturated carbocycles. The number of nitrogens with zero attached hydrogens (tertiary/aromatic N) is 2. The van der Waals surface area contributed by atoms with Gasteiger partial charge in [-0.3, -0.25) is 0 Å². The number of ether oxygens (including phenoxy) is 1. The van der Waals surface area contributed by atoms with Crippen LogP contribution in [0.1, 0.15) is 20.3 Å². The summed E-state index contributed by atoms with van der Waals surface area (Å²) in [6.07, 6.45) is 2.46. The SMILES string of the molecule is [C-]#[N+]C(CC)=C1Sc2c(c(S(C)(=O)=O)c3c(c2S(C)(=O)=O)SC(=C(C#N)C(=O)OCC)S3)S1. The molecule has 0 spiro atoms. The van der Waals surface area contributed by atoms with Crippen molar-refractivity contribution in [1.82, 2.24) is 0 Å². The number of hydrogen-bond acceptors (Lipinski definition) is 11. The Labute approximate surface area is 209 Å². The molecule has 174 valence electrons. The minimum Gasteiger partial charge on any atom is -0.462 e. The lowest BCUT2D eigenvalue weighted by molar-refractivity contribution is -0.138. The van der Waals surface area contributed by atoms with Gasteiger partial charge in [-0.05, 0) is 13.3 Å². The zero-order valence-electron chi connectivity index (χ0n) is 17.7. The van der Waals surface area contributed by atoms with E-state index in [1.165, 1.54) is 0 Å². The smallest absolute Gasteiger partial charge is 0.350 e. The summed E-state index contributed by atoms with van der Waals surface area (Å²) in [6, 6.07) is 1.79. The van der Waals surface area contributed by atoms with Crippen LogP contribution in [0.2, 0.25) is 0 Å². The van der Waals surface area contributed by atoms with Gasteiger partial charge in [0.05, 0.1) is 31.4 Å². The second-order valence-electron chi connectivity index (χ2n) is 6.62. The zero-order valence-corrected chi connectivity index (χ0v) is 22.6. The number of esters is 1. The van der Waals surface area contributed by atoms with Crippen molar-refractivity contribution in [1.29, 1.82) is 5.26 Å². The molecule has 1 aromatic rings. The summed E-state index contributed by atoms with van der Waals surface area (Å²) in [4.78, 5) is 16.4. The maximum absolute atomic E-state index is 12.9. The van der Waals surface area contributed by atoms with Gasteiger partial charge in [0.15, 0.2) is 30.9 Å². The van der Waals surface area contributed by atoms with E-state index >= 15 is 0 Å². The second kappa shape index (κ2) is 9.60. The summed E-state index contributed by atoms with van der Waals surface area (Å²) >= 11 is 3.87. The molecule has 0 aromatic heterocycles. The van der Waals surface area contributed by atoms with Crippen LogP contribution in [0, 0.1) is 17.9 Å². The Morgan fingerprint density at radius 2 is 1.36 bits per heavy atom. The lowest BCUT2D eigenvalue weighted by atomic mass is 10.3. The molecule has 0 N–H and O–H groups in total. The first-order valence-corrected chi connectivity index (χ1v) is 16.2. The topological polar surface area (TPSA) is 123 Å². The van der Waals surface area contributed by atoms with Gasteiger partial charge in [0.2, 0.25) is 0 Å². The molecule has 33 heavy (non-hydrogen) atoms. The van der Waals surface area contributed by atoms with Crippen LogP contribution >= 0.6 is 47.0 Å². The number of nitriles is 1. The van der Waals surface area contributed by atoms with E-state index in [9.17, 15) is 26.9 Å². The highest BCUT2D eigenvalue weighted by Crippen LogP contribution is 2.65. The van der Waals surface area contributed by atoms with Gasteiger partial charge in [-0.1, -0.05) is 54.0 Å². The van der Waals surface area contributed by atoms with Crippen molar-refractivity contribution < 1.29 is 26.4 Å². The Kier molecular flexibility index (Phi) is 7.58. The van der Waals surface area contributed by atoms with Crippen LogP contribution in [0.5, 0.6) is 0 Å². The van der Waals surface area contributed by atoms with Gasteiger partial charge in [0.1, 0.15) is 6.07 Å². The molecule has 0 bridgehead atoms. The maximum Gasteiger partial charge on any atom is 0.350 e. The molecule has 0 atom stereocenters. The van der Waals surface area contributed by atoms with Gasteiger partial charge >= 0.3 is 5.97 Å². The van der Waals surface area contributed by atoms with Crippen molar-refractivity contribution in [3.05, 3.63) is 31.2 Å². The van der Waals surface area contributed by atoms with Crippen molar-refractivity contribution in [3.63, 3.8) is 0 Å². The van der Waals surface area contributed by atoms with Crippen LogP contribution < -0.4 is 0 Å². The zero-order chi connectivity index (χ0) is 24.7. The molecular weight excluding hydrogens is 545 g/mol. The van der Waals surface area contributed by atoms with Crippen LogP contribution in [0.3, 0.4) is 0 Å². The summed E-state index contributed by atoms with van der Waals surface area (Å²) in [5, 5.41) is 9.52. The minimum atomic E-state index is -3.85. The van der Waals surface area contributed by atoms with Crippen molar-refractivity contribution in [2.75, 3.05) is 19.1 Å². The number of fused-ring (bicyclic) bond motifs is 2. The van der Waals surface area contributed by atoms with Crippen LogP contribution in [0.25, 0.3) is 4.85 Å². The lowest BCUT2D eigenvalue weighted by Gasteiger charge is -2.14. The molecule has 1 aromatic carbocycles. The third-order valence-electron chi connectivity index (χ3n) is 4.26. The number of allylic oxidation sites excluding steroid dienone is 1. The molecule has 14 heteroatoms. The Hall–Kier alpha value is -1.55. The Morgan fingerprint density at radius 3 is 1.67 bits per heavy atom. The second-order valence-corrected chi connectivity index (χ2v) is 15.1. The number of rotatable bonds is 5. The fourth-order valence-corrected chi connectivity index (χ4v) is 12.6. The third kappa shape index (κ3) is 4.83. The predicted molar refractivity (Wildman–Crippen MR) is 129 cm³/mol. The van der Waals surface area contributed by atoms with E-state index in [1.807, 2.05) is 0 Å². The minimum absolute atomic E-state index is 0.0419. The summed E-state index contributed by atoms with van der Waals surface area (Å²) in [7, 11) is -7.70. The first-order chi connectivity index (χ1) is 15.4. The lowest BCUT2D eigenvalue weighted by Crippen LogP contribution is -2.08. The van der Waals surface area contributed by atoms with E-state index in [0.717, 1.165) is 59.6 Å². The molecule has 0 aliphatic carbocycles. The van der Waals surface area contributed by atoms with Crippen LogP contribution in [0.4, 0.5) is 0 Å². The van der Waals surface area contributed by atoms with E-state index < -0.39 is 25.6 Å². The standard InChI is InChI=1S/C19H16N2O6S6/c1-6-10(21-3)19-30-13-14(31-19)16(33(5,25)26)12-11(15(13)32(4,23)24)28-18(29-12)9(8-20)17(22)27-7-2/h6-7H2,1-2,4-5H3. The van der Waals surface area contributed by atoms with Gasteiger partial charge in [-0.15, -0.1) is 0 Å². The molecule has 0 radical (unpaired) electrons.